The zero-order valence-electron chi connectivity index (χ0n) is 11.6. The Labute approximate surface area is 136 Å². The molecule has 0 bridgehead atoms. The second-order valence-electron chi connectivity index (χ2n) is 4.77. The molecule has 2 aromatic carbocycles. The molecule has 0 unspecified atom stereocenters. The molecule has 0 aliphatic heterocycles. The highest BCUT2D eigenvalue weighted by Crippen LogP contribution is 2.35. The highest BCUT2D eigenvalue weighted by Gasteiger charge is 2.11. The molecule has 22 heavy (non-hydrogen) atoms. The van der Waals surface area contributed by atoms with E-state index in [4.69, 9.17) is 9.97 Å². The number of rotatable bonds is 3. The van der Waals surface area contributed by atoms with Gasteiger partial charge < -0.3 is 0 Å². The number of fused-ring (bicyclic) bond motifs is 1. The second kappa shape index (κ2) is 5.91. The van der Waals surface area contributed by atoms with Gasteiger partial charge in [0.15, 0.2) is 5.82 Å². The molecule has 2 heterocycles. The van der Waals surface area contributed by atoms with Crippen LogP contribution in [0.15, 0.2) is 82.0 Å². The van der Waals surface area contributed by atoms with Crippen molar-refractivity contribution in [1.82, 2.24) is 9.97 Å². The van der Waals surface area contributed by atoms with Gasteiger partial charge in [0.1, 0.15) is 5.03 Å². The van der Waals surface area contributed by atoms with E-state index in [9.17, 15) is 0 Å². The first kappa shape index (κ1) is 13.5. The van der Waals surface area contributed by atoms with Crippen LogP contribution in [0, 0.1) is 0 Å². The van der Waals surface area contributed by atoms with Gasteiger partial charge in [-0.3, -0.25) is 0 Å². The van der Waals surface area contributed by atoms with E-state index in [1.165, 1.54) is 4.90 Å². The first-order chi connectivity index (χ1) is 10.9. The second-order valence-corrected chi connectivity index (χ2v) is 6.75. The van der Waals surface area contributed by atoms with Gasteiger partial charge in [0.2, 0.25) is 0 Å². The topological polar surface area (TPSA) is 25.8 Å². The Hall–Kier alpha value is -2.17. The van der Waals surface area contributed by atoms with Crippen LogP contribution in [-0.2, 0) is 0 Å². The molecule has 0 atom stereocenters. The molecule has 0 spiro atoms. The van der Waals surface area contributed by atoms with Crippen LogP contribution in [0.2, 0.25) is 0 Å². The van der Waals surface area contributed by atoms with Gasteiger partial charge in [-0.2, -0.15) is 0 Å². The number of hydrogen-bond acceptors (Lipinski definition) is 4. The van der Waals surface area contributed by atoms with Crippen molar-refractivity contribution in [2.24, 2.45) is 0 Å². The van der Waals surface area contributed by atoms with Crippen LogP contribution in [0.25, 0.3) is 21.6 Å². The van der Waals surface area contributed by atoms with Crippen LogP contribution in [0.5, 0.6) is 0 Å². The smallest absolute Gasteiger partial charge is 0.161 e. The van der Waals surface area contributed by atoms with E-state index in [0.717, 1.165) is 26.6 Å². The first-order valence-electron chi connectivity index (χ1n) is 6.94. The standard InChI is InChI=1S/C18H12N2S2/c1-3-7-13(8-4-1)17-19-15-11-12-21-16(15)18(20-17)22-14-9-5-2-6-10-14/h1-12H. The van der Waals surface area contributed by atoms with Crippen LogP contribution < -0.4 is 0 Å². The maximum atomic E-state index is 4.80. The van der Waals surface area contributed by atoms with Gasteiger partial charge in [-0.05, 0) is 23.6 Å². The van der Waals surface area contributed by atoms with Crippen molar-refractivity contribution in [1.29, 1.82) is 0 Å². The molecule has 0 amide bonds. The van der Waals surface area contributed by atoms with Gasteiger partial charge in [-0.25, -0.2) is 9.97 Å². The first-order valence-corrected chi connectivity index (χ1v) is 8.63. The quantitative estimate of drug-likeness (QED) is 0.465. The van der Waals surface area contributed by atoms with Gasteiger partial charge in [0, 0.05) is 10.5 Å². The summed E-state index contributed by atoms with van der Waals surface area (Å²) in [6, 6.07) is 22.5. The van der Waals surface area contributed by atoms with Crippen LogP contribution in [0.1, 0.15) is 0 Å². The van der Waals surface area contributed by atoms with Gasteiger partial charge in [0.25, 0.3) is 0 Å². The minimum absolute atomic E-state index is 0.782. The largest absolute Gasteiger partial charge is 0.227 e. The fraction of sp³-hybridized carbons (Fsp3) is 0. The average molecular weight is 320 g/mol. The van der Waals surface area contributed by atoms with Crippen molar-refractivity contribution in [3.63, 3.8) is 0 Å². The van der Waals surface area contributed by atoms with Gasteiger partial charge >= 0.3 is 0 Å². The van der Waals surface area contributed by atoms with Gasteiger partial charge in [0.05, 0.1) is 10.2 Å². The lowest BCUT2D eigenvalue weighted by molar-refractivity contribution is 1.12. The number of thiophene rings is 1. The third-order valence-corrected chi connectivity index (χ3v) is 5.30. The summed E-state index contributed by atoms with van der Waals surface area (Å²) in [5, 5.41) is 3.09. The van der Waals surface area contributed by atoms with E-state index >= 15 is 0 Å². The lowest BCUT2D eigenvalue weighted by Gasteiger charge is -2.06. The summed E-state index contributed by atoms with van der Waals surface area (Å²) >= 11 is 3.38. The molecule has 4 aromatic rings. The lowest BCUT2D eigenvalue weighted by atomic mass is 10.2. The van der Waals surface area contributed by atoms with Crippen molar-refractivity contribution in [2.45, 2.75) is 9.92 Å². The summed E-state index contributed by atoms with van der Waals surface area (Å²) < 4.78 is 1.15. The normalized spacial score (nSPS) is 10.9. The molecule has 106 valence electrons. The minimum Gasteiger partial charge on any atom is -0.227 e. The predicted molar refractivity (Wildman–Crippen MR) is 93.4 cm³/mol. The van der Waals surface area contributed by atoms with Crippen molar-refractivity contribution in [2.75, 3.05) is 0 Å². The van der Waals surface area contributed by atoms with E-state index < -0.39 is 0 Å². The predicted octanol–water partition coefficient (Wildman–Crippen LogP) is 5.51. The Morgan fingerprint density at radius 3 is 2.27 bits per heavy atom. The molecule has 0 saturated carbocycles. The monoisotopic (exact) mass is 320 g/mol. The van der Waals surface area contributed by atoms with E-state index in [1.54, 1.807) is 23.1 Å². The molecule has 2 nitrogen and oxygen atoms in total. The summed E-state index contributed by atoms with van der Waals surface area (Å²) in [6.45, 7) is 0. The number of benzene rings is 2. The molecular formula is C18H12N2S2. The lowest BCUT2D eigenvalue weighted by Crippen LogP contribution is -1.91. The third-order valence-electron chi connectivity index (χ3n) is 3.26. The summed E-state index contributed by atoms with van der Waals surface area (Å²) in [5.41, 5.74) is 2.06. The summed E-state index contributed by atoms with van der Waals surface area (Å²) in [5.74, 6) is 0.782. The Bertz CT molecular complexity index is 902. The Kier molecular flexibility index (Phi) is 3.62. The SMILES string of the molecule is c1ccc(Sc2nc(-c3ccccc3)nc3ccsc23)cc1. The number of aromatic nitrogens is 2. The molecule has 4 rings (SSSR count). The summed E-state index contributed by atoms with van der Waals surface area (Å²) in [4.78, 5) is 10.7. The van der Waals surface area contributed by atoms with Gasteiger partial charge in [-0.15, -0.1) is 11.3 Å². The molecule has 2 aromatic heterocycles. The summed E-state index contributed by atoms with van der Waals surface area (Å²) in [6.07, 6.45) is 0. The Morgan fingerprint density at radius 1 is 0.773 bits per heavy atom. The Balaban J connectivity index is 1.84. The average Bonchev–Trinajstić information content (AvgIpc) is 3.05. The van der Waals surface area contributed by atoms with Crippen molar-refractivity contribution >= 4 is 33.3 Å². The molecule has 0 radical (unpaired) electrons. The van der Waals surface area contributed by atoms with Crippen molar-refractivity contribution in [3.8, 4) is 11.4 Å². The molecule has 0 N–H and O–H groups in total. The fourth-order valence-electron chi connectivity index (χ4n) is 2.22. The number of nitrogens with zero attached hydrogens (tertiary/aromatic N) is 2. The molecular weight excluding hydrogens is 308 g/mol. The molecule has 4 heteroatoms. The van der Waals surface area contributed by atoms with E-state index in [-0.39, 0.29) is 0 Å². The maximum absolute atomic E-state index is 4.80. The Morgan fingerprint density at radius 2 is 1.50 bits per heavy atom. The summed E-state index contributed by atoms with van der Waals surface area (Å²) in [7, 11) is 0. The van der Waals surface area contributed by atoms with E-state index in [1.807, 2.05) is 48.5 Å². The van der Waals surface area contributed by atoms with Crippen LogP contribution in [0.3, 0.4) is 0 Å². The van der Waals surface area contributed by atoms with Crippen molar-refractivity contribution < 1.29 is 0 Å². The third kappa shape index (κ3) is 2.63. The maximum Gasteiger partial charge on any atom is 0.161 e. The molecule has 0 aliphatic carbocycles. The zero-order valence-corrected chi connectivity index (χ0v) is 13.3. The highest BCUT2D eigenvalue weighted by molar-refractivity contribution is 7.99. The minimum atomic E-state index is 0.782. The van der Waals surface area contributed by atoms with Gasteiger partial charge in [-0.1, -0.05) is 60.3 Å². The zero-order chi connectivity index (χ0) is 14.8. The molecule has 0 saturated heterocycles. The van der Waals surface area contributed by atoms with E-state index in [0.29, 0.717) is 0 Å². The fourth-order valence-corrected chi connectivity index (χ4v) is 4.05. The highest BCUT2D eigenvalue weighted by atomic mass is 32.2. The number of hydrogen-bond donors (Lipinski definition) is 0. The molecule has 0 fully saturated rings. The van der Waals surface area contributed by atoms with E-state index in [2.05, 4.69) is 23.6 Å². The van der Waals surface area contributed by atoms with Crippen LogP contribution in [-0.4, -0.2) is 9.97 Å². The molecule has 0 aliphatic rings. The van der Waals surface area contributed by atoms with Crippen LogP contribution in [0.4, 0.5) is 0 Å². The van der Waals surface area contributed by atoms with Crippen molar-refractivity contribution in [3.05, 3.63) is 72.1 Å². The van der Waals surface area contributed by atoms with Crippen LogP contribution >= 0.6 is 23.1 Å².